The van der Waals surface area contributed by atoms with Gasteiger partial charge in [0.05, 0.1) is 17.6 Å². The summed E-state index contributed by atoms with van der Waals surface area (Å²) >= 11 is 6.59. The maximum Gasteiger partial charge on any atom is 0.337 e. The third-order valence-electron chi connectivity index (χ3n) is 3.09. The molecule has 6 heteroatoms. The number of methoxy groups -OCH3 is 1. The fraction of sp³-hybridized carbons (Fsp3) is 0.312. The van der Waals surface area contributed by atoms with Gasteiger partial charge in [-0.1, -0.05) is 36.1 Å². The van der Waals surface area contributed by atoms with Crippen LogP contribution in [0.4, 0.5) is 0 Å². The minimum absolute atomic E-state index is 0.0838. The number of hydrogen-bond donors (Lipinski definition) is 0. The van der Waals surface area contributed by atoms with E-state index in [2.05, 4.69) is 4.74 Å². The van der Waals surface area contributed by atoms with E-state index < -0.39 is 0 Å². The Bertz CT molecular complexity index is 657. The SMILES string of the molecule is COC(=O)c1ccc(C=C2SC(=S)N(C(C)(C)C)C2=O)cc1. The minimum Gasteiger partial charge on any atom is -0.465 e. The summed E-state index contributed by atoms with van der Waals surface area (Å²) in [7, 11) is 1.34. The van der Waals surface area contributed by atoms with Crippen molar-refractivity contribution in [3.05, 3.63) is 40.3 Å². The molecule has 4 nitrogen and oxygen atoms in total. The lowest BCUT2D eigenvalue weighted by Gasteiger charge is -2.30. The van der Waals surface area contributed by atoms with Crippen molar-refractivity contribution in [2.45, 2.75) is 26.3 Å². The normalized spacial score (nSPS) is 17.3. The first-order valence-electron chi connectivity index (χ1n) is 6.70. The van der Waals surface area contributed by atoms with Gasteiger partial charge in [-0.2, -0.15) is 0 Å². The molecular weight excluding hydrogens is 318 g/mol. The summed E-state index contributed by atoms with van der Waals surface area (Å²) < 4.78 is 5.22. The quantitative estimate of drug-likeness (QED) is 0.470. The van der Waals surface area contributed by atoms with Gasteiger partial charge in [0.1, 0.15) is 4.32 Å². The van der Waals surface area contributed by atoms with Gasteiger partial charge in [-0.3, -0.25) is 9.69 Å². The molecule has 22 heavy (non-hydrogen) atoms. The first-order chi connectivity index (χ1) is 10.2. The third-order valence-corrected chi connectivity index (χ3v) is 4.40. The van der Waals surface area contributed by atoms with E-state index in [0.717, 1.165) is 5.56 Å². The van der Waals surface area contributed by atoms with E-state index in [9.17, 15) is 9.59 Å². The number of carbonyl (C=O) groups excluding carboxylic acids is 2. The second kappa shape index (κ2) is 6.22. The van der Waals surface area contributed by atoms with Gasteiger partial charge in [-0.15, -0.1) is 0 Å². The molecule has 0 radical (unpaired) electrons. The van der Waals surface area contributed by atoms with Crippen molar-refractivity contribution in [2.75, 3.05) is 7.11 Å². The number of benzene rings is 1. The maximum atomic E-state index is 12.5. The van der Waals surface area contributed by atoms with Gasteiger partial charge in [-0.25, -0.2) is 4.79 Å². The lowest BCUT2D eigenvalue weighted by atomic mass is 10.1. The Kier molecular flexibility index (Phi) is 4.72. The highest BCUT2D eigenvalue weighted by Gasteiger charge is 2.38. The minimum atomic E-state index is -0.384. The predicted octanol–water partition coefficient (Wildman–Crippen LogP) is 3.47. The van der Waals surface area contributed by atoms with Gasteiger partial charge in [0.2, 0.25) is 0 Å². The number of carbonyl (C=O) groups is 2. The largest absolute Gasteiger partial charge is 0.465 e. The molecule has 0 saturated carbocycles. The summed E-state index contributed by atoms with van der Waals surface area (Å²) in [6.45, 7) is 5.85. The second-order valence-corrected chi connectivity index (χ2v) is 7.48. The van der Waals surface area contributed by atoms with Gasteiger partial charge < -0.3 is 4.74 Å². The Hall–Kier alpha value is -1.66. The number of amides is 1. The molecule has 1 aromatic rings. The average molecular weight is 335 g/mol. The highest BCUT2D eigenvalue weighted by molar-refractivity contribution is 8.26. The summed E-state index contributed by atoms with van der Waals surface area (Å²) in [6.07, 6.45) is 1.78. The molecule has 0 spiro atoms. The molecule has 1 saturated heterocycles. The van der Waals surface area contributed by atoms with Crippen LogP contribution >= 0.6 is 24.0 Å². The molecule has 0 bridgehead atoms. The highest BCUT2D eigenvalue weighted by Crippen LogP contribution is 2.36. The summed E-state index contributed by atoms with van der Waals surface area (Å²) in [5.74, 6) is -0.467. The van der Waals surface area contributed by atoms with Crippen molar-refractivity contribution in [2.24, 2.45) is 0 Å². The molecule has 0 unspecified atom stereocenters. The number of thioether (sulfide) groups is 1. The Morgan fingerprint density at radius 2 is 1.86 bits per heavy atom. The molecule has 1 aromatic carbocycles. The topological polar surface area (TPSA) is 46.6 Å². The Balaban J connectivity index is 2.25. The van der Waals surface area contributed by atoms with E-state index in [1.807, 2.05) is 20.8 Å². The molecule has 1 heterocycles. The number of ether oxygens (including phenoxy) is 1. The molecule has 1 aliphatic heterocycles. The van der Waals surface area contributed by atoms with E-state index in [-0.39, 0.29) is 17.4 Å². The van der Waals surface area contributed by atoms with Gasteiger partial charge in [0.15, 0.2) is 0 Å². The molecule has 0 aromatic heterocycles. The first kappa shape index (κ1) is 16.7. The first-order valence-corrected chi connectivity index (χ1v) is 7.93. The van der Waals surface area contributed by atoms with Crippen LogP contribution in [-0.4, -0.2) is 33.7 Å². The van der Waals surface area contributed by atoms with Crippen LogP contribution in [0, 0.1) is 0 Å². The van der Waals surface area contributed by atoms with E-state index in [1.165, 1.54) is 18.9 Å². The predicted molar refractivity (Wildman–Crippen MR) is 92.5 cm³/mol. The molecule has 2 rings (SSSR count). The molecule has 0 atom stereocenters. The lowest BCUT2D eigenvalue weighted by molar-refractivity contribution is -0.125. The maximum absolute atomic E-state index is 12.5. The summed E-state index contributed by atoms with van der Waals surface area (Å²) in [5, 5.41) is 0. The van der Waals surface area contributed by atoms with Crippen LogP contribution in [0.15, 0.2) is 29.2 Å². The van der Waals surface area contributed by atoms with Gasteiger partial charge in [0.25, 0.3) is 5.91 Å². The number of nitrogens with zero attached hydrogens (tertiary/aromatic N) is 1. The summed E-state index contributed by atoms with van der Waals surface area (Å²) in [4.78, 5) is 26.1. The van der Waals surface area contributed by atoms with Crippen molar-refractivity contribution < 1.29 is 14.3 Å². The molecule has 0 aliphatic carbocycles. The molecule has 1 aliphatic rings. The monoisotopic (exact) mass is 335 g/mol. The van der Waals surface area contributed by atoms with Gasteiger partial charge >= 0.3 is 5.97 Å². The zero-order chi connectivity index (χ0) is 16.5. The molecule has 0 N–H and O–H groups in total. The Morgan fingerprint density at radius 3 is 2.32 bits per heavy atom. The van der Waals surface area contributed by atoms with Crippen LogP contribution in [0.3, 0.4) is 0 Å². The van der Waals surface area contributed by atoms with Crippen LogP contribution in [-0.2, 0) is 9.53 Å². The molecular formula is C16H17NO3S2. The smallest absolute Gasteiger partial charge is 0.337 e. The van der Waals surface area contributed by atoms with Crippen LogP contribution in [0.5, 0.6) is 0 Å². The van der Waals surface area contributed by atoms with Crippen LogP contribution < -0.4 is 0 Å². The fourth-order valence-electron chi connectivity index (χ4n) is 2.03. The van der Waals surface area contributed by atoms with Crippen LogP contribution in [0.2, 0.25) is 0 Å². The Labute approximate surface area is 139 Å². The van der Waals surface area contributed by atoms with Crippen molar-refractivity contribution in [3.8, 4) is 0 Å². The van der Waals surface area contributed by atoms with E-state index in [0.29, 0.717) is 14.8 Å². The number of esters is 1. The standard InChI is InChI=1S/C16H17NO3S2/c1-16(2,3)17-13(18)12(22-15(17)21)9-10-5-7-11(8-6-10)14(19)20-4/h5-9H,1-4H3. The van der Waals surface area contributed by atoms with E-state index >= 15 is 0 Å². The Morgan fingerprint density at radius 1 is 1.27 bits per heavy atom. The van der Waals surface area contributed by atoms with Crippen LogP contribution in [0.25, 0.3) is 6.08 Å². The highest BCUT2D eigenvalue weighted by atomic mass is 32.2. The zero-order valence-electron chi connectivity index (χ0n) is 12.9. The second-order valence-electron chi connectivity index (χ2n) is 5.80. The number of hydrogen-bond acceptors (Lipinski definition) is 5. The fourth-order valence-corrected chi connectivity index (χ4v) is 3.67. The molecule has 116 valence electrons. The van der Waals surface area contributed by atoms with Crippen molar-refractivity contribution >= 4 is 46.3 Å². The van der Waals surface area contributed by atoms with Crippen molar-refractivity contribution in [1.29, 1.82) is 0 Å². The van der Waals surface area contributed by atoms with Gasteiger partial charge in [-0.05, 0) is 44.5 Å². The van der Waals surface area contributed by atoms with Crippen LogP contribution in [0.1, 0.15) is 36.7 Å². The van der Waals surface area contributed by atoms with Crippen molar-refractivity contribution in [3.63, 3.8) is 0 Å². The molecule has 1 fully saturated rings. The summed E-state index contributed by atoms with van der Waals surface area (Å²) in [5.41, 5.74) is 0.967. The van der Waals surface area contributed by atoms with E-state index in [4.69, 9.17) is 12.2 Å². The lowest BCUT2D eigenvalue weighted by Crippen LogP contribution is -2.44. The van der Waals surface area contributed by atoms with Crippen molar-refractivity contribution in [1.82, 2.24) is 4.90 Å². The average Bonchev–Trinajstić information content (AvgIpc) is 2.73. The van der Waals surface area contributed by atoms with E-state index in [1.54, 1.807) is 35.2 Å². The zero-order valence-corrected chi connectivity index (χ0v) is 14.5. The van der Waals surface area contributed by atoms with Gasteiger partial charge in [0, 0.05) is 5.54 Å². The summed E-state index contributed by atoms with van der Waals surface area (Å²) in [6, 6.07) is 6.89. The third kappa shape index (κ3) is 3.39. The number of rotatable bonds is 2. The number of thiocarbonyl (C=S) groups is 1. The molecule has 1 amide bonds.